The normalized spacial score (nSPS) is 16.5. The van der Waals surface area contributed by atoms with Gasteiger partial charge in [0.05, 0.1) is 26.7 Å². The highest BCUT2D eigenvalue weighted by atomic mass is 16.5. The van der Waals surface area contributed by atoms with Crippen LogP contribution in [0.4, 0.5) is 5.69 Å². The van der Waals surface area contributed by atoms with Gasteiger partial charge in [-0.1, -0.05) is 30.3 Å². The standard InChI is InChI=1S/C21H26N4O2/c1-27-20-9-7-18(8-10-20)22-15-21(26)24-23-19-11-13-25(14-12-19)16-17-5-3-2-4-6-17/h2-10,22H,11-16H2,1H3,(H,24,26)/p+1. The average Bonchev–Trinajstić information content (AvgIpc) is 2.73. The second-order valence-corrected chi connectivity index (χ2v) is 6.71. The molecule has 2 aromatic rings. The molecule has 0 aromatic heterocycles. The van der Waals surface area contributed by atoms with Crippen LogP contribution in [0.2, 0.25) is 0 Å². The number of nitrogens with one attached hydrogen (secondary N) is 3. The van der Waals surface area contributed by atoms with Crippen molar-refractivity contribution in [2.24, 2.45) is 5.10 Å². The van der Waals surface area contributed by atoms with Crippen molar-refractivity contribution in [2.45, 2.75) is 19.4 Å². The molecule has 1 fully saturated rings. The molecular formula is C21H27N4O2+. The third kappa shape index (κ3) is 6.11. The topological polar surface area (TPSA) is 67.2 Å². The van der Waals surface area contributed by atoms with Crippen LogP contribution in [0.15, 0.2) is 59.7 Å². The summed E-state index contributed by atoms with van der Waals surface area (Å²) in [5.74, 6) is 0.648. The highest BCUT2D eigenvalue weighted by Crippen LogP contribution is 2.14. The van der Waals surface area contributed by atoms with E-state index in [1.807, 2.05) is 30.3 Å². The SMILES string of the molecule is COc1ccc(NCC(=O)NN=C2CC[NH+](Cc3ccccc3)CC2)cc1. The van der Waals surface area contributed by atoms with E-state index in [1.165, 1.54) is 5.56 Å². The van der Waals surface area contributed by atoms with Crippen LogP contribution >= 0.6 is 0 Å². The lowest BCUT2D eigenvalue weighted by Gasteiger charge is -2.24. The maximum absolute atomic E-state index is 12.0. The Kier molecular flexibility index (Phi) is 6.82. The smallest absolute Gasteiger partial charge is 0.259 e. The average molecular weight is 367 g/mol. The number of anilines is 1. The number of nitrogens with zero attached hydrogens (tertiary/aromatic N) is 1. The largest absolute Gasteiger partial charge is 0.497 e. The summed E-state index contributed by atoms with van der Waals surface area (Å²) in [4.78, 5) is 13.5. The number of carbonyl (C=O) groups excluding carboxylic acids is 1. The molecule has 6 heteroatoms. The maximum Gasteiger partial charge on any atom is 0.259 e. The summed E-state index contributed by atoms with van der Waals surface area (Å²) >= 11 is 0. The highest BCUT2D eigenvalue weighted by Gasteiger charge is 2.18. The zero-order valence-corrected chi connectivity index (χ0v) is 15.7. The number of hydrogen-bond donors (Lipinski definition) is 3. The second-order valence-electron chi connectivity index (χ2n) is 6.71. The van der Waals surface area contributed by atoms with E-state index in [-0.39, 0.29) is 12.5 Å². The quantitative estimate of drug-likeness (QED) is 0.649. The van der Waals surface area contributed by atoms with Crippen LogP contribution < -0.4 is 20.4 Å². The summed E-state index contributed by atoms with van der Waals surface area (Å²) < 4.78 is 5.11. The highest BCUT2D eigenvalue weighted by molar-refractivity contribution is 5.87. The first-order chi connectivity index (χ1) is 13.2. The molecule has 1 saturated heterocycles. The third-order valence-corrected chi connectivity index (χ3v) is 4.71. The number of likely N-dealkylation sites (tertiary alicyclic amines) is 1. The number of hydrogen-bond acceptors (Lipinski definition) is 4. The Morgan fingerprint density at radius 1 is 1.07 bits per heavy atom. The van der Waals surface area contributed by atoms with E-state index in [0.717, 1.165) is 49.6 Å². The van der Waals surface area contributed by atoms with Gasteiger partial charge in [0.1, 0.15) is 12.3 Å². The summed E-state index contributed by atoms with van der Waals surface area (Å²) in [7, 11) is 1.63. The lowest BCUT2D eigenvalue weighted by Crippen LogP contribution is -3.11. The van der Waals surface area contributed by atoms with E-state index in [2.05, 4.69) is 40.1 Å². The van der Waals surface area contributed by atoms with Gasteiger partial charge < -0.3 is 15.0 Å². The second kappa shape index (κ2) is 9.73. The molecule has 3 N–H and O–H groups in total. The van der Waals surface area contributed by atoms with Crippen molar-refractivity contribution in [1.29, 1.82) is 0 Å². The van der Waals surface area contributed by atoms with Crippen LogP contribution in [0.25, 0.3) is 0 Å². The van der Waals surface area contributed by atoms with Crippen molar-refractivity contribution in [2.75, 3.05) is 32.1 Å². The molecule has 0 unspecified atom stereocenters. The van der Waals surface area contributed by atoms with E-state index in [4.69, 9.17) is 4.74 Å². The molecule has 3 rings (SSSR count). The molecule has 1 aliphatic heterocycles. The molecule has 1 heterocycles. The fourth-order valence-electron chi connectivity index (χ4n) is 3.14. The first-order valence-electron chi connectivity index (χ1n) is 9.32. The van der Waals surface area contributed by atoms with Gasteiger partial charge >= 0.3 is 0 Å². The van der Waals surface area contributed by atoms with Crippen molar-refractivity contribution < 1.29 is 14.4 Å². The Morgan fingerprint density at radius 2 is 1.78 bits per heavy atom. The summed E-state index contributed by atoms with van der Waals surface area (Å²) in [6.45, 7) is 3.34. The van der Waals surface area contributed by atoms with Crippen molar-refractivity contribution >= 4 is 17.3 Å². The number of piperidine rings is 1. The Bertz CT molecular complexity index is 750. The molecule has 1 amide bonds. The van der Waals surface area contributed by atoms with Gasteiger partial charge in [-0.05, 0) is 24.3 Å². The Labute approximate surface area is 160 Å². The van der Waals surface area contributed by atoms with Gasteiger partial charge in [0, 0.05) is 29.8 Å². The number of hydrazone groups is 1. The molecule has 0 atom stereocenters. The number of rotatable bonds is 7. The maximum atomic E-state index is 12.0. The Hall–Kier alpha value is -2.86. The lowest BCUT2D eigenvalue weighted by molar-refractivity contribution is -0.914. The lowest BCUT2D eigenvalue weighted by atomic mass is 10.1. The van der Waals surface area contributed by atoms with Gasteiger partial charge in [0.2, 0.25) is 0 Å². The molecule has 0 spiro atoms. The fraction of sp³-hybridized carbons (Fsp3) is 0.333. The molecular weight excluding hydrogens is 340 g/mol. The summed E-state index contributed by atoms with van der Waals surface area (Å²) in [5, 5.41) is 7.38. The molecule has 1 aliphatic rings. The van der Waals surface area contributed by atoms with E-state index >= 15 is 0 Å². The van der Waals surface area contributed by atoms with Crippen molar-refractivity contribution in [3.63, 3.8) is 0 Å². The number of methoxy groups -OCH3 is 1. The molecule has 142 valence electrons. The summed E-state index contributed by atoms with van der Waals surface area (Å²) in [6.07, 6.45) is 1.85. The zero-order chi connectivity index (χ0) is 18.9. The van der Waals surface area contributed by atoms with Gasteiger partial charge in [0.25, 0.3) is 5.91 Å². The van der Waals surface area contributed by atoms with Crippen LogP contribution in [0.1, 0.15) is 18.4 Å². The van der Waals surface area contributed by atoms with Crippen LogP contribution in [-0.2, 0) is 11.3 Å². The van der Waals surface area contributed by atoms with Crippen molar-refractivity contribution in [1.82, 2.24) is 5.43 Å². The molecule has 6 nitrogen and oxygen atoms in total. The van der Waals surface area contributed by atoms with Crippen LogP contribution in [0, 0.1) is 0 Å². The van der Waals surface area contributed by atoms with Gasteiger partial charge in [-0.15, -0.1) is 0 Å². The fourth-order valence-corrected chi connectivity index (χ4v) is 3.14. The van der Waals surface area contributed by atoms with Crippen molar-refractivity contribution in [3.05, 3.63) is 60.2 Å². The van der Waals surface area contributed by atoms with E-state index in [1.54, 1.807) is 12.0 Å². The first-order valence-corrected chi connectivity index (χ1v) is 9.32. The van der Waals surface area contributed by atoms with Crippen LogP contribution in [0.5, 0.6) is 5.75 Å². The van der Waals surface area contributed by atoms with Crippen molar-refractivity contribution in [3.8, 4) is 5.75 Å². The molecule has 0 saturated carbocycles. The summed E-state index contributed by atoms with van der Waals surface area (Å²) in [6, 6.07) is 18.0. The molecule has 0 aliphatic carbocycles. The molecule has 0 radical (unpaired) electrons. The number of carbonyl (C=O) groups is 1. The monoisotopic (exact) mass is 367 g/mol. The number of quaternary nitrogens is 1. The Balaban J connectivity index is 1.37. The number of ether oxygens (including phenoxy) is 1. The minimum Gasteiger partial charge on any atom is -0.497 e. The first kappa shape index (κ1) is 18.9. The van der Waals surface area contributed by atoms with E-state index < -0.39 is 0 Å². The zero-order valence-electron chi connectivity index (χ0n) is 15.7. The molecule has 0 bridgehead atoms. The summed E-state index contributed by atoms with van der Waals surface area (Å²) in [5.41, 5.74) is 5.97. The minimum atomic E-state index is -0.141. The predicted octanol–water partition coefficient (Wildman–Crippen LogP) is 1.46. The molecule has 27 heavy (non-hydrogen) atoms. The van der Waals surface area contributed by atoms with Gasteiger partial charge in [-0.2, -0.15) is 5.10 Å². The van der Waals surface area contributed by atoms with E-state index in [0.29, 0.717) is 0 Å². The number of benzene rings is 2. The number of amides is 1. The predicted molar refractivity (Wildman–Crippen MR) is 107 cm³/mol. The van der Waals surface area contributed by atoms with Gasteiger partial charge in [-0.25, -0.2) is 5.43 Å². The van der Waals surface area contributed by atoms with Crippen LogP contribution in [-0.4, -0.2) is 38.4 Å². The van der Waals surface area contributed by atoms with Gasteiger partial charge in [0.15, 0.2) is 0 Å². The molecule has 2 aromatic carbocycles. The third-order valence-electron chi connectivity index (χ3n) is 4.71. The van der Waals surface area contributed by atoms with Crippen LogP contribution in [0.3, 0.4) is 0 Å². The Morgan fingerprint density at radius 3 is 2.44 bits per heavy atom. The van der Waals surface area contributed by atoms with E-state index in [9.17, 15) is 4.79 Å². The van der Waals surface area contributed by atoms with Gasteiger partial charge in [-0.3, -0.25) is 4.79 Å². The minimum absolute atomic E-state index is 0.141.